The van der Waals surface area contributed by atoms with E-state index in [1.807, 2.05) is 0 Å². The molecule has 1 unspecified atom stereocenters. The summed E-state index contributed by atoms with van der Waals surface area (Å²) in [5, 5.41) is 3.56. The third kappa shape index (κ3) is 5.33. The smallest absolute Gasteiger partial charge is 0.00431 e. The molecule has 0 fully saturated rings. The first kappa shape index (κ1) is 16.2. The molecule has 19 heavy (non-hydrogen) atoms. The molecule has 0 aromatic heterocycles. The number of benzene rings is 1. The van der Waals surface area contributed by atoms with Crippen molar-refractivity contribution in [2.24, 2.45) is 11.7 Å². The minimum atomic E-state index is 0.179. The van der Waals surface area contributed by atoms with Gasteiger partial charge in [0, 0.05) is 12.0 Å². The van der Waals surface area contributed by atoms with Crippen molar-refractivity contribution in [3.05, 3.63) is 35.4 Å². The molecule has 0 aliphatic heterocycles. The van der Waals surface area contributed by atoms with Gasteiger partial charge in [0.05, 0.1) is 0 Å². The van der Waals surface area contributed by atoms with Gasteiger partial charge in [-0.05, 0) is 43.0 Å². The fourth-order valence-corrected chi connectivity index (χ4v) is 2.16. The van der Waals surface area contributed by atoms with Crippen LogP contribution in [-0.4, -0.2) is 19.6 Å². The quantitative estimate of drug-likeness (QED) is 0.707. The molecule has 0 aliphatic carbocycles. The highest BCUT2D eigenvalue weighted by Gasteiger charge is 2.19. The Labute approximate surface area is 118 Å². The molecule has 0 heterocycles. The summed E-state index contributed by atoms with van der Waals surface area (Å²) in [6, 6.07) is 9.02. The van der Waals surface area contributed by atoms with Crippen molar-refractivity contribution >= 4 is 0 Å². The normalized spacial score (nSPS) is 13.5. The van der Waals surface area contributed by atoms with Crippen LogP contribution in [0.5, 0.6) is 0 Å². The molecule has 2 heteroatoms. The largest absolute Gasteiger partial charge is 0.330 e. The zero-order chi connectivity index (χ0) is 14.3. The molecule has 0 saturated heterocycles. The Kier molecular flexibility index (Phi) is 6.53. The van der Waals surface area contributed by atoms with Crippen LogP contribution < -0.4 is 11.1 Å². The molecule has 0 amide bonds. The number of hydrogen-bond acceptors (Lipinski definition) is 2. The molecule has 2 nitrogen and oxygen atoms in total. The van der Waals surface area contributed by atoms with Gasteiger partial charge in [-0.25, -0.2) is 0 Å². The maximum atomic E-state index is 5.63. The first-order valence-corrected chi connectivity index (χ1v) is 7.49. The Morgan fingerprint density at radius 1 is 1.21 bits per heavy atom. The highest BCUT2D eigenvalue weighted by Crippen LogP contribution is 2.22. The van der Waals surface area contributed by atoms with E-state index >= 15 is 0 Å². The lowest BCUT2D eigenvalue weighted by Crippen LogP contribution is -2.34. The summed E-state index contributed by atoms with van der Waals surface area (Å²) in [6.07, 6.45) is 2.26. The van der Waals surface area contributed by atoms with Crippen LogP contribution in [0, 0.1) is 5.92 Å². The van der Waals surface area contributed by atoms with Crippen LogP contribution in [0.1, 0.15) is 45.2 Å². The number of rotatable bonds is 8. The molecule has 0 spiro atoms. The topological polar surface area (TPSA) is 38.0 Å². The maximum absolute atomic E-state index is 5.63. The van der Waals surface area contributed by atoms with Gasteiger partial charge in [0.1, 0.15) is 0 Å². The van der Waals surface area contributed by atoms with Crippen LogP contribution in [0.3, 0.4) is 0 Å². The molecule has 1 atom stereocenters. The van der Waals surface area contributed by atoms with E-state index in [4.69, 9.17) is 5.73 Å². The summed E-state index contributed by atoms with van der Waals surface area (Å²) in [7, 11) is 0. The zero-order valence-corrected chi connectivity index (χ0v) is 13.0. The Balaban J connectivity index is 2.45. The SMILES string of the molecule is CCc1ccc(C(C)(C)CNCCC(C)CN)cc1. The second-order valence-electron chi connectivity index (χ2n) is 6.24. The molecule has 0 bridgehead atoms. The van der Waals surface area contributed by atoms with E-state index in [2.05, 4.69) is 57.3 Å². The van der Waals surface area contributed by atoms with E-state index in [0.717, 1.165) is 32.5 Å². The predicted molar refractivity (Wildman–Crippen MR) is 84.6 cm³/mol. The van der Waals surface area contributed by atoms with Gasteiger partial charge in [0.15, 0.2) is 0 Å². The van der Waals surface area contributed by atoms with Crippen LogP contribution in [0.25, 0.3) is 0 Å². The van der Waals surface area contributed by atoms with Crippen molar-refractivity contribution in [1.82, 2.24) is 5.32 Å². The summed E-state index contributed by atoms with van der Waals surface area (Å²) in [6.45, 7) is 11.8. The van der Waals surface area contributed by atoms with Gasteiger partial charge in [0.25, 0.3) is 0 Å². The molecule has 0 radical (unpaired) electrons. The Morgan fingerprint density at radius 3 is 2.37 bits per heavy atom. The van der Waals surface area contributed by atoms with Gasteiger partial charge in [-0.2, -0.15) is 0 Å². The van der Waals surface area contributed by atoms with Crippen LogP contribution >= 0.6 is 0 Å². The lowest BCUT2D eigenvalue weighted by atomic mass is 9.84. The molecular formula is C17H30N2. The van der Waals surface area contributed by atoms with Gasteiger partial charge in [0.2, 0.25) is 0 Å². The lowest BCUT2D eigenvalue weighted by Gasteiger charge is -2.26. The highest BCUT2D eigenvalue weighted by molar-refractivity contribution is 5.28. The third-order valence-corrected chi connectivity index (χ3v) is 3.93. The van der Waals surface area contributed by atoms with E-state index < -0.39 is 0 Å². The number of nitrogens with one attached hydrogen (secondary N) is 1. The minimum Gasteiger partial charge on any atom is -0.330 e. The first-order valence-electron chi connectivity index (χ1n) is 7.49. The average Bonchev–Trinajstić information content (AvgIpc) is 2.43. The van der Waals surface area contributed by atoms with Gasteiger partial charge >= 0.3 is 0 Å². The van der Waals surface area contributed by atoms with Crippen LogP contribution in [0.2, 0.25) is 0 Å². The van der Waals surface area contributed by atoms with E-state index in [1.54, 1.807) is 0 Å². The monoisotopic (exact) mass is 262 g/mol. The van der Waals surface area contributed by atoms with Gasteiger partial charge in [-0.15, -0.1) is 0 Å². The Morgan fingerprint density at radius 2 is 1.84 bits per heavy atom. The zero-order valence-electron chi connectivity index (χ0n) is 13.0. The van der Waals surface area contributed by atoms with Gasteiger partial charge in [-0.3, -0.25) is 0 Å². The average molecular weight is 262 g/mol. The summed E-state index contributed by atoms with van der Waals surface area (Å²) in [4.78, 5) is 0. The minimum absolute atomic E-state index is 0.179. The lowest BCUT2D eigenvalue weighted by molar-refractivity contribution is 0.441. The Hall–Kier alpha value is -0.860. The summed E-state index contributed by atoms with van der Waals surface area (Å²) < 4.78 is 0. The van der Waals surface area contributed by atoms with Crippen LogP contribution in [0.15, 0.2) is 24.3 Å². The van der Waals surface area contributed by atoms with Crippen molar-refractivity contribution in [1.29, 1.82) is 0 Å². The van der Waals surface area contributed by atoms with Crippen molar-refractivity contribution in [3.8, 4) is 0 Å². The molecule has 1 aromatic carbocycles. The molecule has 3 N–H and O–H groups in total. The maximum Gasteiger partial charge on any atom is 0.00431 e. The van der Waals surface area contributed by atoms with E-state index in [9.17, 15) is 0 Å². The molecule has 1 aromatic rings. The molecular weight excluding hydrogens is 232 g/mol. The number of aryl methyl sites for hydroxylation is 1. The van der Waals surface area contributed by atoms with Crippen molar-refractivity contribution < 1.29 is 0 Å². The number of nitrogens with two attached hydrogens (primary N) is 1. The number of hydrogen-bond donors (Lipinski definition) is 2. The summed E-state index contributed by atoms with van der Waals surface area (Å²) >= 11 is 0. The van der Waals surface area contributed by atoms with Crippen molar-refractivity contribution in [2.45, 2.75) is 46.0 Å². The van der Waals surface area contributed by atoms with E-state index in [1.165, 1.54) is 11.1 Å². The summed E-state index contributed by atoms with van der Waals surface area (Å²) in [5.41, 5.74) is 8.62. The second-order valence-corrected chi connectivity index (χ2v) is 6.24. The summed E-state index contributed by atoms with van der Waals surface area (Å²) in [5.74, 6) is 0.611. The highest BCUT2D eigenvalue weighted by atomic mass is 14.9. The predicted octanol–water partition coefficient (Wildman–Crippen LogP) is 3.10. The molecule has 108 valence electrons. The fraction of sp³-hybridized carbons (Fsp3) is 0.647. The van der Waals surface area contributed by atoms with Gasteiger partial charge < -0.3 is 11.1 Å². The molecule has 1 rings (SSSR count). The molecule has 0 aliphatic rings. The van der Waals surface area contributed by atoms with Crippen molar-refractivity contribution in [2.75, 3.05) is 19.6 Å². The molecule has 0 saturated carbocycles. The van der Waals surface area contributed by atoms with Crippen molar-refractivity contribution in [3.63, 3.8) is 0 Å². The van der Waals surface area contributed by atoms with Gasteiger partial charge in [-0.1, -0.05) is 52.0 Å². The second kappa shape index (κ2) is 7.66. The Bertz CT molecular complexity index is 354. The van der Waals surface area contributed by atoms with E-state index in [0.29, 0.717) is 5.92 Å². The third-order valence-electron chi connectivity index (χ3n) is 3.93. The van der Waals surface area contributed by atoms with E-state index in [-0.39, 0.29) is 5.41 Å². The standard InChI is InChI=1S/C17H30N2/c1-5-15-6-8-16(9-7-15)17(3,4)13-19-11-10-14(2)12-18/h6-9,14,19H,5,10-13,18H2,1-4H3. The van der Waals surface area contributed by atoms with Crippen LogP contribution in [0.4, 0.5) is 0 Å². The first-order chi connectivity index (χ1) is 8.99. The van der Waals surface area contributed by atoms with Crippen LogP contribution in [-0.2, 0) is 11.8 Å². The fourth-order valence-electron chi connectivity index (χ4n) is 2.16.